The first-order valence-corrected chi connectivity index (χ1v) is 7.90. The number of aromatic nitrogens is 1. The highest BCUT2D eigenvalue weighted by Gasteiger charge is 2.34. The summed E-state index contributed by atoms with van der Waals surface area (Å²) in [7, 11) is 0. The third-order valence-corrected chi connectivity index (χ3v) is 3.68. The van der Waals surface area contributed by atoms with Crippen molar-refractivity contribution < 1.29 is 27.1 Å². The minimum absolute atomic E-state index is 0.0217. The number of anilines is 2. The number of pyridine rings is 1. The summed E-state index contributed by atoms with van der Waals surface area (Å²) in [5.41, 5.74) is 3.95. The molecule has 1 aromatic heterocycles. The van der Waals surface area contributed by atoms with Gasteiger partial charge in [0.15, 0.2) is 0 Å². The largest absolute Gasteiger partial charge is 0.439 e. The lowest BCUT2D eigenvalue weighted by Gasteiger charge is -2.17. The molecular formula is C19H13F4N3O2. The van der Waals surface area contributed by atoms with Gasteiger partial charge in [0.25, 0.3) is 5.91 Å². The summed E-state index contributed by atoms with van der Waals surface area (Å²) in [6, 6.07) is 11.8. The maximum absolute atomic E-state index is 13.4. The molecule has 3 aromatic rings. The number of carbonyl (C=O) groups excluding carboxylic acids is 1. The average molecular weight is 391 g/mol. The first-order chi connectivity index (χ1) is 13.2. The number of nitrogens with zero attached hydrogens (tertiary/aromatic N) is 1. The van der Waals surface area contributed by atoms with Crippen molar-refractivity contribution in [3.63, 3.8) is 0 Å². The third kappa shape index (κ3) is 4.37. The Morgan fingerprint density at radius 2 is 1.71 bits per heavy atom. The monoisotopic (exact) mass is 391 g/mol. The van der Waals surface area contributed by atoms with Crippen LogP contribution in [0.25, 0.3) is 0 Å². The number of hydrogen-bond donors (Lipinski definition) is 2. The number of halogens is 4. The van der Waals surface area contributed by atoms with Crippen molar-refractivity contribution in [2.45, 2.75) is 6.18 Å². The van der Waals surface area contributed by atoms with E-state index in [9.17, 15) is 22.4 Å². The predicted molar refractivity (Wildman–Crippen MR) is 94.0 cm³/mol. The van der Waals surface area contributed by atoms with E-state index in [1.165, 1.54) is 30.3 Å². The Balaban J connectivity index is 2.00. The lowest BCUT2D eigenvalue weighted by Crippen LogP contribution is -2.15. The number of alkyl halides is 3. The van der Waals surface area contributed by atoms with E-state index in [4.69, 9.17) is 10.5 Å². The second-order valence-electron chi connectivity index (χ2n) is 5.66. The van der Waals surface area contributed by atoms with E-state index in [1.807, 2.05) is 0 Å². The van der Waals surface area contributed by atoms with Gasteiger partial charge in [-0.25, -0.2) is 9.37 Å². The highest BCUT2D eigenvalue weighted by molar-refractivity contribution is 5.99. The summed E-state index contributed by atoms with van der Waals surface area (Å²) in [6.07, 6.45) is -4.10. The Labute approximate surface area is 156 Å². The molecule has 1 amide bonds. The fourth-order valence-electron chi connectivity index (χ4n) is 2.40. The number of nitrogens with two attached hydrogens (primary N) is 1. The van der Waals surface area contributed by atoms with Crippen molar-refractivity contribution in [1.29, 1.82) is 0 Å². The summed E-state index contributed by atoms with van der Waals surface area (Å²) in [4.78, 5) is 15.2. The molecule has 0 radical (unpaired) electrons. The van der Waals surface area contributed by atoms with E-state index in [2.05, 4.69) is 10.3 Å². The molecule has 144 valence electrons. The van der Waals surface area contributed by atoms with Crippen LogP contribution in [-0.4, -0.2) is 10.9 Å². The molecule has 2 aromatic carbocycles. The Kier molecular flexibility index (Phi) is 5.16. The van der Waals surface area contributed by atoms with Crippen LogP contribution in [0.5, 0.6) is 11.6 Å². The third-order valence-electron chi connectivity index (χ3n) is 3.68. The zero-order chi connectivity index (χ0) is 20.3. The van der Waals surface area contributed by atoms with E-state index in [0.29, 0.717) is 6.20 Å². The number of rotatable bonds is 5. The molecule has 0 saturated heterocycles. The van der Waals surface area contributed by atoms with Gasteiger partial charge >= 0.3 is 6.18 Å². The van der Waals surface area contributed by atoms with Crippen LogP contribution in [0.3, 0.4) is 0 Å². The van der Waals surface area contributed by atoms with Crippen LogP contribution in [0.4, 0.5) is 28.9 Å². The van der Waals surface area contributed by atoms with E-state index in [0.717, 1.165) is 18.2 Å². The molecule has 0 fully saturated rings. The number of hydrogen-bond acceptors (Lipinski definition) is 4. The molecule has 0 atom stereocenters. The standard InChI is InChI=1S/C19H13F4N3O2/c20-11-5-7-12(8-6-11)28-17-9-16(14(10-25-17)19(21,22)23)26-15-4-2-1-3-13(15)18(24)27/h1-10H,(H2,24,27)(H,25,26). The van der Waals surface area contributed by atoms with Gasteiger partial charge in [-0.05, 0) is 36.4 Å². The Bertz CT molecular complexity index is 1000. The average Bonchev–Trinajstić information content (AvgIpc) is 2.63. The molecule has 28 heavy (non-hydrogen) atoms. The van der Waals surface area contributed by atoms with Gasteiger partial charge in [0.1, 0.15) is 11.6 Å². The fourth-order valence-corrected chi connectivity index (χ4v) is 2.40. The van der Waals surface area contributed by atoms with E-state index >= 15 is 0 Å². The zero-order valence-corrected chi connectivity index (χ0v) is 14.1. The fraction of sp³-hybridized carbons (Fsp3) is 0.0526. The normalized spacial score (nSPS) is 11.1. The van der Waals surface area contributed by atoms with Crippen LogP contribution in [0, 0.1) is 5.82 Å². The molecular weight excluding hydrogens is 378 g/mol. The van der Waals surface area contributed by atoms with Crippen LogP contribution in [0.15, 0.2) is 60.8 Å². The Morgan fingerprint density at radius 1 is 1.04 bits per heavy atom. The van der Waals surface area contributed by atoms with E-state index < -0.39 is 23.5 Å². The minimum Gasteiger partial charge on any atom is -0.439 e. The van der Waals surface area contributed by atoms with Gasteiger partial charge in [0, 0.05) is 12.3 Å². The SMILES string of the molecule is NC(=O)c1ccccc1Nc1cc(Oc2ccc(F)cc2)ncc1C(F)(F)F. The van der Waals surface area contributed by atoms with Crippen LogP contribution >= 0.6 is 0 Å². The number of nitrogens with one attached hydrogen (secondary N) is 1. The Morgan fingerprint density at radius 3 is 2.36 bits per heavy atom. The van der Waals surface area contributed by atoms with Crippen molar-refractivity contribution in [2.24, 2.45) is 5.73 Å². The number of para-hydroxylation sites is 1. The molecule has 0 aliphatic carbocycles. The van der Waals surface area contributed by atoms with E-state index in [1.54, 1.807) is 6.07 Å². The lowest BCUT2D eigenvalue weighted by atomic mass is 10.1. The number of amides is 1. The van der Waals surface area contributed by atoms with Crippen molar-refractivity contribution in [3.05, 3.63) is 77.7 Å². The first kappa shape index (κ1) is 19.2. The van der Waals surface area contributed by atoms with Crippen molar-refractivity contribution in [1.82, 2.24) is 4.98 Å². The van der Waals surface area contributed by atoms with Crippen molar-refractivity contribution in [2.75, 3.05) is 5.32 Å². The van der Waals surface area contributed by atoms with Gasteiger partial charge in [0.2, 0.25) is 5.88 Å². The van der Waals surface area contributed by atoms with Crippen LogP contribution < -0.4 is 15.8 Å². The summed E-state index contributed by atoms with van der Waals surface area (Å²) in [5, 5.41) is 2.56. The quantitative estimate of drug-likeness (QED) is 0.608. The van der Waals surface area contributed by atoms with Crippen molar-refractivity contribution in [3.8, 4) is 11.6 Å². The lowest BCUT2D eigenvalue weighted by molar-refractivity contribution is -0.137. The topological polar surface area (TPSA) is 77.2 Å². The molecule has 3 rings (SSSR count). The van der Waals surface area contributed by atoms with E-state index in [-0.39, 0.29) is 28.6 Å². The van der Waals surface area contributed by atoms with Gasteiger partial charge in [-0.3, -0.25) is 4.79 Å². The second kappa shape index (κ2) is 7.55. The summed E-state index contributed by atoms with van der Waals surface area (Å²) >= 11 is 0. The van der Waals surface area contributed by atoms with Crippen LogP contribution in [0.1, 0.15) is 15.9 Å². The first-order valence-electron chi connectivity index (χ1n) is 7.90. The highest BCUT2D eigenvalue weighted by atomic mass is 19.4. The number of benzene rings is 2. The maximum Gasteiger partial charge on any atom is 0.419 e. The number of ether oxygens (including phenoxy) is 1. The minimum atomic E-state index is -4.70. The van der Waals surface area contributed by atoms with Gasteiger partial charge in [-0.1, -0.05) is 12.1 Å². The van der Waals surface area contributed by atoms with Crippen LogP contribution in [-0.2, 0) is 6.18 Å². The maximum atomic E-state index is 13.4. The van der Waals surface area contributed by atoms with Gasteiger partial charge in [-0.15, -0.1) is 0 Å². The molecule has 0 aliphatic rings. The summed E-state index contributed by atoms with van der Waals surface area (Å²) < 4.78 is 58.4. The predicted octanol–water partition coefficient (Wildman–Crippen LogP) is 4.87. The molecule has 0 aliphatic heterocycles. The molecule has 0 unspecified atom stereocenters. The number of carbonyl (C=O) groups is 1. The molecule has 5 nitrogen and oxygen atoms in total. The zero-order valence-electron chi connectivity index (χ0n) is 14.1. The molecule has 3 N–H and O–H groups in total. The molecule has 0 spiro atoms. The number of primary amides is 1. The highest BCUT2D eigenvalue weighted by Crippen LogP contribution is 2.38. The summed E-state index contributed by atoms with van der Waals surface area (Å²) in [5.74, 6) is -1.25. The summed E-state index contributed by atoms with van der Waals surface area (Å²) in [6.45, 7) is 0. The van der Waals surface area contributed by atoms with Crippen LogP contribution in [0.2, 0.25) is 0 Å². The van der Waals surface area contributed by atoms with Crippen molar-refractivity contribution >= 4 is 17.3 Å². The van der Waals surface area contributed by atoms with Gasteiger partial charge in [-0.2, -0.15) is 13.2 Å². The molecule has 0 saturated carbocycles. The molecule has 9 heteroatoms. The smallest absolute Gasteiger partial charge is 0.419 e. The Hall–Kier alpha value is -3.62. The van der Waals surface area contributed by atoms with Gasteiger partial charge in [0.05, 0.1) is 22.5 Å². The second-order valence-corrected chi connectivity index (χ2v) is 5.66. The van der Waals surface area contributed by atoms with Gasteiger partial charge < -0.3 is 15.8 Å². The molecule has 1 heterocycles. The molecule has 0 bridgehead atoms.